The molecule has 110 valence electrons. The van der Waals surface area contributed by atoms with Gasteiger partial charge >= 0.3 is 0 Å². The van der Waals surface area contributed by atoms with Crippen LogP contribution in [-0.2, 0) is 17.8 Å². The molecule has 2 aromatic carbocycles. The van der Waals surface area contributed by atoms with E-state index < -0.39 is 11.6 Å². The molecule has 0 saturated carbocycles. The van der Waals surface area contributed by atoms with Gasteiger partial charge in [-0.2, -0.15) is 0 Å². The number of carbonyl (C=O) groups is 1. The first-order chi connectivity index (χ1) is 9.99. The van der Waals surface area contributed by atoms with Gasteiger partial charge < -0.3 is 11.1 Å². The predicted molar refractivity (Wildman–Crippen MR) is 77.8 cm³/mol. The van der Waals surface area contributed by atoms with Crippen LogP contribution in [-0.4, -0.2) is 5.91 Å². The SMILES string of the molecule is Cc1ccc(CN)cc1NC(=O)Cc1ccc(F)c(F)c1. The molecule has 1 amide bonds. The van der Waals surface area contributed by atoms with Crippen molar-refractivity contribution in [3.63, 3.8) is 0 Å². The number of nitrogens with one attached hydrogen (secondary N) is 1. The highest BCUT2D eigenvalue weighted by Crippen LogP contribution is 2.17. The minimum atomic E-state index is -0.957. The number of aryl methyl sites for hydroxylation is 1. The van der Waals surface area contributed by atoms with Crippen molar-refractivity contribution in [2.75, 3.05) is 5.32 Å². The Morgan fingerprint density at radius 1 is 1.10 bits per heavy atom. The van der Waals surface area contributed by atoms with E-state index in [1.165, 1.54) is 6.07 Å². The second-order valence-electron chi connectivity index (χ2n) is 4.83. The van der Waals surface area contributed by atoms with E-state index in [2.05, 4.69) is 5.32 Å². The molecular weight excluding hydrogens is 274 g/mol. The lowest BCUT2D eigenvalue weighted by atomic mass is 10.1. The standard InChI is InChI=1S/C16H16F2N2O/c1-10-2-3-12(9-19)7-15(10)20-16(21)8-11-4-5-13(17)14(18)6-11/h2-7H,8-9,19H2,1H3,(H,20,21). The molecule has 0 bridgehead atoms. The Kier molecular flexibility index (Phi) is 4.65. The van der Waals surface area contributed by atoms with Crippen molar-refractivity contribution < 1.29 is 13.6 Å². The van der Waals surface area contributed by atoms with Gasteiger partial charge in [-0.3, -0.25) is 4.79 Å². The second kappa shape index (κ2) is 6.45. The van der Waals surface area contributed by atoms with E-state index in [1.807, 2.05) is 19.1 Å². The summed E-state index contributed by atoms with van der Waals surface area (Å²) in [5, 5.41) is 2.76. The van der Waals surface area contributed by atoms with Gasteiger partial charge in [0.1, 0.15) is 0 Å². The summed E-state index contributed by atoms with van der Waals surface area (Å²) in [5.74, 6) is -2.18. The van der Waals surface area contributed by atoms with Crippen molar-refractivity contribution in [1.29, 1.82) is 0 Å². The minimum absolute atomic E-state index is 0.0243. The van der Waals surface area contributed by atoms with E-state index in [4.69, 9.17) is 5.73 Å². The Morgan fingerprint density at radius 3 is 2.48 bits per heavy atom. The molecule has 0 saturated heterocycles. The molecule has 0 aliphatic heterocycles. The fourth-order valence-electron chi connectivity index (χ4n) is 1.96. The van der Waals surface area contributed by atoms with Gasteiger partial charge in [-0.25, -0.2) is 8.78 Å². The van der Waals surface area contributed by atoms with Crippen LogP contribution in [0, 0.1) is 18.6 Å². The summed E-state index contributed by atoms with van der Waals surface area (Å²) in [6.07, 6.45) is -0.0243. The molecule has 0 spiro atoms. The summed E-state index contributed by atoms with van der Waals surface area (Å²) in [4.78, 5) is 12.0. The average Bonchev–Trinajstić information content (AvgIpc) is 2.45. The van der Waals surface area contributed by atoms with E-state index >= 15 is 0 Å². The Hall–Kier alpha value is -2.27. The molecular formula is C16H16F2N2O. The third kappa shape index (κ3) is 3.86. The normalized spacial score (nSPS) is 10.5. The molecule has 0 fully saturated rings. The van der Waals surface area contributed by atoms with E-state index in [9.17, 15) is 13.6 Å². The highest BCUT2D eigenvalue weighted by atomic mass is 19.2. The van der Waals surface area contributed by atoms with Gasteiger partial charge in [0.2, 0.25) is 5.91 Å². The Balaban J connectivity index is 2.09. The first-order valence-corrected chi connectivity index (χ1v) is 6.53. The van der Waals surface area contributed by atoms with Gasteiger partial charge in [-0.05, 0) is 41.8 Å². The van der Waals surface area contributed by atoms with Crippen molar-refractivity contribution in [1.82, 2.24) is 0 Å². The van der Waals surface area contributed by atoms with E-state index in [0.29, 0.717) is 17.8 Å². The predicted octanol–water partition coefficient (Wildman–Crippen LogP) is 2.91. The number of hydrogen-bond acceptors (Lipinski definition) is 2. The molecule has 0 radical (unpaired) electrons. The van der Waals surface area contributed by atoms with Gasteiger partial charge in [0.05, 0.1) is 6.42 Å². The van der Waals surface area contributed by atoms with Crippen LogP contribution in [0.5, 0.6) is 0 Å². The topological polar surface area (TPSA) is 55.1 Å². The van der Waals surface area contributed by atoms with Crippen LogP contribution in [0.2, 0.25) is 0 Å². The average molecular weight is 290 g/mol. The zero-order valence-corrected chi connectivity index (χ0v) is 11.6. The van der Waals surface area contributed by atoms with Crippen molar-refractivity contribution in [2.24, 2.45) is 5.73 Å². The molecule has 21 heavy (non-hydrogen) atoms. The first kappa shape index (κ1) is 15.1. The number of halogens is 2. The van der Waals surface area contributed by atoms with Gasteiger partial charge in [-0.1, -0.05) is 18.2 Å². The third-order valence-electron chi connectivity index (χ3n) is 3.16. The van der Waals surface area contributed by atoms with Crippen LogP contribution >= 0.6 is 0 Å². The third-order valence-corrected chi connectivity index (χ3v) is 3.16. The number of carbonyl (C=O) groups excluding carboxylic acids is 1. The summed E-state index contributed by atoms with van der Waals surface area (Å²) in [6.45, 7) is 2.25. The number of hydrogen-bond donors (Lipinski definition) is 2. The van der Waals surface area contributed by atoms with Crippen molar-refractivity contribution >= 4 is 11.6 Å². The van der Waals surface area contributed by atoms with Crippen molar-refractivity contribution in [3.8, 4) is 0 Å². The highest BCUT2D eigenvalue weighted by Gasteiger charge is 2.09. The summed E-state index contributed by atoms with van der Waals surface area (Å²) in [6, 6.07) is 8.99. The van der Waals surface area contributed by atoms with Crippen LogP contribution in [0.15, 0.2) is 36.4 Å². The zero-order valence-electron chi connectivity index (χ0n) is 11.6. The van der Waals surface area contributed by atoms with Gasteiger partial charge in [0.15, 0.2) is 11.6 Å². The maximum absolute atomic E-state index is 13.1. The van der Waals surface area contributed by atoms with Crippen LogP contribution in [0.3, 0.4) is 0 Å². The number of amides is 1. The largest absolute Gasteiger partial charge is 0.326 e. The molecule has 2 aromatic rings. The Morgan fingerprint density at radius 2 is 1.81 bits per heavy atom. The van der Waals surface area contributed by atoms with Crippen molar-refractivity contribution in [2.45, 2.75) is 19.9 Å². The molecule has 0 aliphatic rings. The zero-order chi connectivity index (χ0) is 15.4. The lowest BCUT2D eigenvalue weighted by Gasteiger charge is -2.10. The lowest BCUT2D eigenvalue weighted by Crippen LogP contribution is -2.15. The van der Waals surface area contributed by atoms with Crippen LogP contribution in [0.4, 0.5) is 14.5 Å². The van der Waals surface area contributed by atoms with E-state index in [0.717, 1.165) is 23.3 Å². The number of nitrogens with two attached hydrogens (primary N) is 1. The first-order valence-electron chi connectivity index (χ1n) is 6.53. The molecule has 0 aliphatic carbocycles. The molecule has 3 N–H and O–H groups in total. The molecule has 5 heteroatoms. The summed E-state index contributed by atoms with van der Waals surface area (Å²) < 4.78 is 25.9. The summed E-state index contributed by atoms with van der Waals surface area (Å²) >= 11 is 0. The monoisotopic (exact) mass is 290 g/mol. The minimum Gasteiger partial charge on any atom is -0.326 e. The fraction of sp³-hybridized carbons (Fsp3) is 0.188. The smallest absolute Gasteiger partial charge is 0.228 e. The number of benzene rings is 2. The van der Waals surface area contributed by atoms with Crippen molar-refractivity contribution in [3.05, 3.63) is 64.7 Å². The van der Waals surface area contributed by atoms with Gasteiger partial charge in [0.25, 0.3) is 0 Å². The second-order valence-corrected chi connectivity index (χ2v) is 4.83. The van der Waals surface area contributed by atoms with Gasteiger partial charge in [-0.15, -0.1) is 0 Å². The Labute approximate surface area is 121 Å². The maximum atomic E-state index is 13.1. The van der Waals surface area contributed by atoms with E-state index in [-0.39, 0.29) is 12.3 Å². The maximum Gasteiger partial charge on any atom is 0.228 e. The molecule has 0 aromatic heterocycles. The number of rotatable bonds is 4. The highest BCUT2D eigenvalue weighted by molar-refractivity contribution is 5.93. The van der Waals surface area contributed by atoms with Gasteiger partial charge in [0, 0.05) is 12.2 Å². The van der Waals surface area contributed by atoms with E-state index in [1.54, 1.807) is 6.07 Å². The summed E-state index contributed by atoms with van der Waals surface area (Å²) in [7, 11) is 0. The molecule has 3 nitrogen and oxygen atoms in total. The van der Waals surface area contributed by atoms with Crippen LogP contribution < -0.4 is 11.1 Å². The molecule has 2 rings (SSSR count). The number of anilines is 1. The molecule has 0 unspecified atom stereocenters. The Bertz CT molecular complexity index is 671. The summed E-state index contributed by atoms with van der Waals surface area (Å²) in [5.41, 5.74) is 8.47. The lowest BCUT2D eigenvalue weighted by molar-refractivity contribution is -0.115. The molecule has 0 atom stereocenters. The molecule has 0 heterocycles. The van der Waals surface area contributed by atoms with Crippen LogP contribution in [0.1, 0.15) is 16.7 Å². The van der Waals surface area contributed by atoms with Crippen LogP contribution in [0.25, 0.3) is 0 Å². The fourth-order valence-corrected chi connectivity index (χ4v) is 1.96. The quantitative estimate of drug-likeness (QED) is 0.909.